The summed E-state index contributed by atoms with van der Waals surface area (Å²) < 4.78 is 18.6. The Kier molecular flexibility index (Phi) is 5.37. The molecule has 1 amide bonds. The molecule has 1 aliphatic rings. The lowest BCUT2D eigenvalue weighted by Crippen LogP contribution is -2.31. The molecule has 1 aromatic carbocycles. The zero-order chi connectivity index (χ0) is 19.3. The Morgan fingerprint density at radius 1 is 1.07 bits per heavy atom. The van der Waals surface area contributed by atoms with Crippen molar-refractivity contribution in [2.24, 2.45) is 0 Å². The second-order valence-electron chi connectivity index (χ2n) is 6.92. The molecule has 0 aliphatic carbocycles. The number of carbonyl (C=O) groups is 1. The van der Waals surface area contributed by atoms with Crippen LogP contribution in [0.4, 0.5) is 15.9 Å². The lowest BCUT2D eigenvalue weighted by molar-refractivity contribution is 0.0958. The summed E-state index contributed by atoms with van der Waals surface area (Å²) in [5.74, 6) is 0.578. The Labute approximate surface area is 163 Å². The first-order valence-electron chi connectivity index (χ1n) is 9.51. The van der Waals surface area contributed by atoms with Gasteiger partial charge in [0.05, 0.1) is 12.8 Å². The van der Waals surface area contributed by atoms with Crippen LogP contribution in [0.2, 0.25) is 0 Å². The number of rotatable bonds is 5. The topological polar surface area (TPSA) is 49.6 Å². The van der Waals surface area contributed by atoms with E-state index < -0.39 is 0 Å². The highest BCUT2D eigenvalue weighted by atomic mass is 19.1. The molecule has 1 fully saturated rings. The summed E-state index contributed by atoms with van der Waals surface area (Å²) in [6.07, 6.45) is 6.93. The summed E-state index contributed by atoms with van der Waals surface area (Å²) in [5.41, 5.74) is 1.49. The number of anilines is 2. The monoisotopic (exact) mass is 379 g/mol. The van der Waals surface area contributed by atoms with Crippen molar-refractivity contribution >= 4 is 17.4 Å². The first kappa shape index (κ1) is 18.2. The summed E-state index contributed by atoms with van der Waals surface area (Å²) >= 11 is 0. The maximum absolute atomic E-state index is 13.3. The maximum Gasteiger partial charge on any atom is 0.294 e. The molecule has 1 aliphatic heterocycles. The summed E-state index contributed by atoms with van der Waals surface area (Å²) in [4.78, 5) is 21.4. The van der Waals surface area contributed by atoms with Crippen LogP contribution in [0.25, 0.3) is 0 Å². The number of hydrogen-bond donors (Lipinski definition) is 0. The molecular formula is C22H22FN3O2. The van der Waals surface area contributed by atoms with Gasteiger partial charge in [0.1, 0.15) is 11.6 Å². The number of carbonyl (C=O) groups excluding carboxylic acids is 1. The average molecular weight is 379 g/mol. The van der Waals surface area contributed by atoms with Gasteiger partial charge in [0.15, 0.2) is 5.76 Å². The smallest absolute Gasteiger partial charge is 0.294 e. The predicted octanol–water partition coefficient (Wildman–Crippen LogP) is 4.65. The fourth-order valence-electron chi connectivity index (χ4n) is 3.44. The number of hydrogen-bond acceptors (Lipinski definition) is 4. The number of halogens is 1. The summed E-state index contributed by atoms with van der Waals surface area (Å²) in [7, 11) is 0. The van der Waals surface area contributed by atoms with Gasteiger partial charge in [0, 0.05) is 25.0 Å². The van der Waals surface area contributed by atoms with Crippen LogP contribution < -0.4 is 9.80 Å². The second kappa shape index (κ2) is 8.25. The van der Waals surface area contributed by atoms with Crippen molar-refractivity contribution in [3.05, 3.63) is 78.1 Å². The minimum atomic E-state index is -0.346. The molecule has 0 bridgehead atoms. The van der Waals surface area contributed by atoms with E-state index in [0.29, 0.717) is 12.2 Å². The van der Waals surface area contributed by atoms with Crippen molar-refractivity contribution in [1.29, 1.82) is 0 Å². The van der Waals surface area contributed by atoms with Crippen molar-refractivity contribution in [3.8, 4) is 0 Å². The fraction of sp³-hybridized carbons (Fsp3) is 0.273. The zero-order valence-corrected chi connectivity index (χ0v) is 15.6. The Hall–Kier alpha value is -3.15. The molecule has 0 radical (unpaired) electrons. The third-order valence-corrected chi connectivity index (χ3v) is 4.95. The van der Waals surface area contributed by atoms with E-state index in [9.17, 15) is 9.18 Å². The van der Waals surface area contributed by atoms with Crippen LogP contribution in [-0.4, -0.2) is 24.0 Å². The standard InChI is InChI=1S/C22H22FN3O2/c23-18-7-9-19(10-8-18)26(22(27)20-5-4-14-28-20)16-17-6-11-21(24-15-17)25-12-2-1-3-13-25/h4-11,14-15H,1-3,12-13,16H2. The van der Waals surface area contributed by atoms with Gasteiger partial charge in [-0.05, 0) is 67.3 Å². The van der Waals surface area contributed by atoms with Crippen LogP contribution in [0.15, 0.2) is 65.4 Å². The van der Waals surface area contributed by atoms with Crippen LogP contribution in [0, 0.1) is 5.82 Å². The van der Waals surface area contributed by atoms with Crippen molar-refractivity contribution in [1.82, 2.24) is 4.98 Å². The van der Waals surface area contributed by atoms with Gasteiger partial charge >= 0.3 is 0 Å². The SMILES string of the molecule is O=C(c1ccco1)N(Cc1ccc(N2CCCCC2)nc1)c1ccc(F)cc1. The number of amides is 1. The number of aromatic nitrogens is 1. The van der Waals surface area contributed by atoms with E-state index in [1.807, 2.05) is 12.1 Å². The van der Waals surface area contributed by atoms with Gasteiger partial charge in [-0.2, -0.15) is 0 Å². The predicted molar refractivity (Wildman–Crippen MR) is 106 cm³/mol. The number of piperidine rings is 1. The Morgan fingerprint density at radius 3 is 2.50 bits per heavy atom. The molecule has 0 atom stereocenters. The van der Waals surface area contributed by atoms with E-state index in [1.54, 1.807) is 35.4 Å². The van der Waals surface area contributed by atoms with Crippen LogP contribution in [0.5, 0.6) is 0 Å². The number of nitrogens with zero attached hydrogens (tertiary/aromatic N) is 3. The minimum Gasteiger partial charge on any atom is -0.459 e. The van der Waals surface area contributed by atoms with E-state index in [2.05, 4.69) is 9.88 Å². The van der Waals surface area contributed by atoms with Crippen LogP contribution in [-0.2, 0) is 6.54 Å². The van der Waals surface area contributed by atoms with Gasteiger partial charge in [-0.1, -0.05) is 6.07 Å². The molecule has 0 N–H and O–H groups in total. The van der Waals surface area contributed by atoms with E-state index in [0.717, 1.165) is 24.5 Å². The molecule has 0 saturated carbocycles. The van der Waals surface area contributed by atoms with E-state index in [4.69, 9.17) is 4.42 Å². The van der Waals surface area contributed by atoms with Gasteiger partial charge in [-0.3, -0.25) is 4.79 Å². The first-order chi connectivity index (χ1) is 13.7. The van der Waals surface area contributed by atoms with Gasteiger partial charge in [-0.15, -0.1) is 0 Å². The second-order valence-corrected chi connectivity index (χ2v) is 6.92. The molecule has 0 unspecified atom stereocenters. The maximum atomic E-state index is 13.3. The highest BCUT2D eigenvalue weighted by molar-refractivity contribution is 6.04. The van der Waals surface area contributed by atoms with Crippen molar-refractivity contribution in [2.45, 2.75) is 25.8 Å². The number of benzene rings is 1. The normalized spacial score (nSPS) is 14.1. The molecule has 2 aromatic heterocycles. The Morgan fingerprint density at radius 2 is 1.86 bits per heavy atom. The van der Waals surface area contributed by atoms with E-state index in [-0.39, 0.29) is 17.5 Å². The molecule has 28 heavy (non-hydrogen) atoms. The third-order valence-electron chi connectivity index (χ3n) is 4.95. The van der Waals surface area contributed by atoms with Crippen molar-refractivity contribution in [3.63, 3.8) is 0 Å². The zero-order valence-electron chi connectivity index (χ0n) is 15.6. The highest BCUT2D eigenvalue weighted by Gasteiger charge is 2.21. The molecule has 5 nitrogen and oxygen atoms in total. The summed E-state index contributed by atoms with van der Waals surface area (Å²) in [5, 5.41) is 0. The minimum absolute atomic E-state index is 0.238. The quantitative estimate of drug-likeness (QED) is 0.647. The van der Waals surface area contributed by atoms with Gasteiger partial charge in [0.2, 0.25) is 0 Å². The number of pyridine rings is 1. The van der Waals surface area contributed by atoms with Crippen molar-refractivity contribution < 1.29 is 13.6 Å². The molecule has 3 aromatic rings. The molecule has 4 rings (SSSR count). The van der Waals surface area contributed by atoms with Crippen LogP contribution in [0.1, 0.15) is 35.4 Å². The highest BCUT2D eigenvalue weighted by Crippen LogP contribution is 2.22. The molecule has 0 spiro atoms. The lowest BCUT2D eigenvalue weighted by Gasteiger charge is -2.28. The van der Waals surface area contributed by atoms with Gasteiger partial charge in [0.25, 0.3) is 5.91 Å². The van der Waals surface area contributed by atoms with E-state index in [1.165, 1.54) is 37.7 Å². The Balaban J connectivity index is 1.56. The van der Waals surface area contributed by atoms with E-state index >= 15 is 0 Å². The average Bonchev–Trinajstić information content (AvgIpc) is 3.28. The molecule has 3 heterocycles. The summed E-state index contributed by atoms with van der Waals surface area (Å²) in [6, 6.07) is 13.1. The van der Waals surface area contributed by atoms with Gasteiger partial charge < -0.3 is 14.2 Å². The molecule has 1 saturated heterocycles. The van der Waals surface area contributed by atoms with Gasteiger partial charge in [-0.25, -0.2) is 9.37 Å². The fourth-order valence-corrected chi connectivity index (χ4v) is 3.44. The molecule has 6 heteroatoms. The number of furan rings is 1. The van der Waals surface area contributed by atoms with Crippen LogP contribution in [0.3, 0.4) is 0 Å². The summed E-state index contributed by atoms with van der Waals surface area (Å²) in [6.45, 7) is 2.38. The Bertz CT molecular complexity index is 902. The lowest BCUT2D eigenvalue weighted by atomic mass is 10.1. The molecule has 144 valence electrons. The third kappa shape index (κ3) is 4.06. The van der Waals surface area contributed by atoms with Crippen LogP contribution >= 0.6 is 0 Å². The first-order valence-corrected chi connectivity index (χ1v) is 9.51. The van der Waals surface area contributed by atoms with Crippen molar-refractivity contribution in [2.75, 3.05) is 22.9 Å². The molecular weight excluding hydrogens is 357 g/mol. The largest absolute Gasteiger partial charge is 0.459 e.